The molecule has 0 spiro atoms. The van der Waals surface area contributed by atoms with E-state index in [0.717, 1.165) is 12.1 Å². The maximum atomic E-state index is 13.3. The van der Waals surface area contributed by atoms with Gasteiger partial charge in [0.2, 0.25) is 0 Å². The van der Waals surface area contributed by atoms with Gasteiger partial charge in [-0.1, -0.05) is 12.1 Å². The minimum absolute atomic E-state index is 0.203. The number of halogens is 6. The van der Waals surface area contributed by atoms with Crippen LogP contribution in [0, 0.1) is 0 Å². The van der Waals surface area contributed by atoms with Crippen molar-refractivity contribution in [2.75, 3.05) is 0 Å². The number of aliphatic hydroxyl groups excluding tert-OH is 1. The van der Waals surface area contributed by atoms with E-state index in [2.05, 4.69) is 4.98 Å². The summed E-state index contributed by atoms with van der Waals surface area (Å²) < 4.78 is 81.0. The Balaban J connectivity index is 2.20. The van der Waals surface area contributed by atoms with Crippen LogP contribution >= 0.6 is 0 Å². The predicted molar refractivity (Wildman–Crippen MR) is 91.1 cm³/mol. The van der Waals surface area contributed by atoms with Crippen LogP contribution in [-0.4, -0.2) is 20.4 Å². The first-order valence-electron chi connectivity index (χ1n) is 8.32. The van der Waals surface area contributed by atoms with E-state index in [1.54, 1.807) is 0 Å². The molecule has 10 heteroatoms. The number of para-hydroxylation sites is 1. The maximum Gasteiger partial charge on any atom is 0.433 e. The smallest absolute Gasteiger partial charge is 0.387 e. The normalized spacial score (nSPS) is 13.7. The highest BCUT2D eigenvalue weighted by Gasteiger charge is 2.38. The van der Waals surface area contributed by atoms with Gasteiger partial charge in [0, 0.05) is 18.5 Å². The van der Waals surface area contributed by atoms with Gasteiger partial charge in [0.25, 0.3) is 0 Å². The summed E-state index contributed by atoms with van der Waals surface area (Å²) >= 11 is 0. The fourth-order valence-electron chi connectivity index (χ4n) is 3.10. The molecule has 1 unspecified atom stereocenters. The van der Waals surface area contributed by atoms with Gasteiger partial charge in [0.1, 0.15) is 5.69 Å². The summed E-state index contributed by atoms with van der Waals surface area (Å²) in [5.41, 5.74) is -3.94. The Morgan fingerprint density at radius 1 is 1.10 bits per heavy atom. The second-order valence-corrected chi connectivity index (χ2v) is 6.41. The van der Waals surface area contributed by atoms with Gasteiger partial charge in [0.05, 0.1) is 29.4 Å². The Bertz CT molecular complexity index is 1070. The molecule has 2 aromatic heterocycles. The van der Waals surface area contributed by atoms with Gasteiger partial charge in [-0.25, -0.2) is 4.98 Å². The van der Waals surface area contributed by atoms with E-state index in [0.29, 0.717) is 12.1 Å². The number of rotatable bonds is 4. The average molecular weight is 416 g/mol. The van der Waals surface area contributed by atoms with Gasteiger partial charge in [0.15, 0.2) is 5.78 Å². The SMILES string of the molecule is CC(=O)c1cccn1CC(O)c1cc(C(F)(F)F)nc2c(C(F)(F)F)cccc12. The molecule has 4 nitrogen and oxygen atoms in total. The first kappa shape index (κ1) is 20.8. The van der Waals surface area contributed by atoms with Crippen LogP contribution in [0.2, 0.25) is 0 Å². The van der Waals surface area contributed by atoms with Gasteiger partial charge in [-0.3, -0.25) is 4.79 Å². The number of nitrogens with zero attached hydrogens (tertiary/aromatic N) is 2. The fraction of sp³-hybridized carbons (Fsp3) is 0.263. The molecule has 0 aliphatic carbocycles. The monoisotopic (exact) mass is 416 g/mol. The van der Waals surface area contributed by atoms with Crippen molar-refractivity contribution in [2.24, 2.45) is 0 Å². The summed E-state index contributed by atoms with van der Waals surface area (Å²) in [5.74, 6) is -0.336. The maximum absolute atomic E-state index is 13.3. The first-order valence-corrected chi connectivity index (χ1v) is 8.32. The quantitative estimate of drug-likeness (QED) is 0.481. The van der Waals surface area contributed by atoms with Crippen LogP contribution in [0.4, 0.5) is 26.3 Å². The molecule has 29 heavy (non-hydrogen) atoms. The van der Waals surface area contributed by atoms with E-state index in [1.807, 2.05) is 0 Å². The summed E-state index contributed by atoms with van der Waals surface area (Å²) in [6.07, 6.45) is -10.1. The van der Waals surface area contributed by atoms with E-state index in [4.69, 9.17) is 0 Å². The van der Waals surface area contributed by atoms with Crippen molar-refractivity contribution in [1.82, 2.24) is 9.55 Å². The Morgan fingerprint density at radius 3 is 2.38 bits per heavy atom. The zero-order chi connectivity index (χ0) is 21.6. The third-order valence-corrected chi connectivity index (χ3v) is 4.39. The number of fused-ring (bicyclic) bond motifs is 1. The van der Waals surface area contributed by atoms with Crippen LogP contribution in [0.3, 0.4) is 0 Å². The zero-order valence-electron chi connectivity index (χ0n) is 14.8. The number of aromatic nitrogens is 2. The van der Waals surface area contributed by atoms with Gasteiger partial charge < -0.3 is 9.67 Å². The van der Waals surface area contributed by atoms with Crippen molar-refractivity contribution in [3.05, 3.63) is 65.1 Å². The summed E-state index contributed by atoms with van der Waals surface area (Å²) in [4.78, 5) is 14.8. The lowest BCUT2D eigenvalue weighted by Gasteiger charge is -2.19. The number of alkyl halides is 6. The van der Waals surface area contributed by atoms with Gasteiger partial charge in [-0.05, 0) is 29.8 Å². The zero-order valence-corrected chi connectivity index (χ0v) is 14.8. The van der Waals surface area contributed by atoms with Crippen molar-refractivity contribution in [3.8, 4) is 0 Å². The predicted octanol–water partition coefficient (Wildman–Crippen LogP) is 5.01. The Morgan fingerprint density at radius 2 is 1.79 bits per heavy atom. The minimum Gasteiger partial charge on any atom is -0.387 e. The van der Waals surface area contributed by atoms with Crippen LogP contribution in [0.15, 0.2) is 42.6 Å². The van der Waals surface area contributed by atoms with Crippen molar-refractivity contribution in [2.45, 2.75) is 31.9 Å². The Labute approximate surface area is 160 Å². The number of hydrogen-bond acceptors (Lipinski definition) is 3. The highest BCUT2D eigenvalue weighted by molar-refractivity contribution is 5.92. The average Bonchev–Trinajstić information content (AvgIpc) is 3.06. The molecule has 1 N–H and O–H groups in total. The highest BCUT2D eigenvalue weighted by atomic mass is 19.4. The molecule has 2 heterocycles. The molecule has 3 aromatic rings. The van der Waals surface area contributed by atoms with Crippen molar-refractivity contribution >= 4 is 16.7 Å². The van der Waals surface area contributed by atoms with Gasteiger partial charge in [-0.2, -0.15) is 26.3 Å². The molecule has 0 aliphatic heterocycles. The van der Waals surface area contributed by atoms with Crippen LogP contribution < -0.4 is 0 Å². The third-order valence-electron chi connectivity index (χ3n) is 4.39. The number of ketones is 1. The molecule has 0 saturated heterocycles. The van der Waals surface area contributed by atoms with Crippen LogP contribution in [0.25, 0.3) is 10.9 Å². The summed E-state index contributed by atoms with van der Waals surface area (Å²) in [6.45, 7) is 0.950. The molecule has 0 bridgehead atoms. The van der Waals surface area contributed by atoms with E-state index in [1.165, 1.54) is 29.8 Å². The lowest BCUT2D eigenvalue weighted by molar-refractivity contribution is -0.142. The summed E-state index contributed by atoms with van der Waals surface area (Å²) in [5, 5.41) is 10.3. The minimum atomic E-state index is -5.01. The van der Waals surface area contributed by atoms with E-state index in [9.17, 15) is 36.2 Å². The molecule has 1 atom stereocenters. The van der Waals surface area contributed by atoms with E-state index in [-0.39, 0.29) is 29.0 Å². The standard InChI is InChI=1S/C19H14F6N2O2/c1-10(28)14-6-3-7-27(14)9-15(29)12-8-16(19(23,24)25)26-17-11(12)4-2-5-13(17)18(20,21)22/h2-8,15,29H,9H2,1H3. The molecule has 154 valence electrons. The van der Waals surface area contributed by atoms with Gasteiger partial charge >= 0.3 is 12.4 Å². The van der Waals surface area contributed by atoms with E-state index < -0.39 is 35.2 Å². The number of carbonyl (C=O) groups is 1. The van der Waals surface area contributed by atoms with Gasteiger partial charge in [-0.15, -0.1) is 0 Å². The van der Waals surface area contributed by atoms with Crippen LogP contribution in [0.1, 0.15) is 40.3 Å². The molecule has 3 rings (SSSR count). The number of hydrogen-bond donors (Lipinski definition) is 1. The second-order valence-electron chi connectivity index (χ2n) is 6.41. The lowest BCUT2D eigenvalue weighted by atomic mass is 9.99. The molecular formula is C19H14F6N2O2. The van der Waals surface area contributed by atoms with Crippen molar-refractivity contribution in [1.29, 1.82) is 0 Å². The highest BCUT2D eigenvalue weighted by Crippen LogP contribution is 2.39. The molecule has 0 aliphatic rings. The number of pyridine rings is 1. The second kappa shape index (κ2) is 7.18. The molecular weight excluding hydrogens is 402 g/mol. The fourth-order valence-corrected chi connectivity index (χ4v) is 3.10. The number of carbonyl (C=O) groups excluding carboxylic acids is 1. The number of aliphatic hydroxyl groups is 1. The van der Waals surface area contributed by atoms with Crippen molar-refractivity contribution < 1.29 is 36.2 Å². The Kier molecular flexibility index (Phi) is 5.16. The lowest BCUT2D eigenvalue weighted by Crippen LogP contribution is -2.16. The van der Waals surface area contributed by atoms with Crippen LogP contribution in [0.5, 0.6) is 0 Å². The van der Waals surface area contributed by atoms with E-state index >= 15 is 0 Å². The summed E-state index contributed by atoms with van der Waals surface area (Å²) in [7, 11) is 0. The van der Waals surface area contributed by atoms with Crippen LogP contribution in [-0.2, 0) is 18.9 Å². The molecule has 0 radical (unpaired) electrons. The molecule has 1 aromatic carbocycles. The Hall–Kier alpha value is -2.88. The third kappa shape index (κ3) is 4.12. The molecule has 0 saturated carbocycles. The number of benzene rings is 1. The topological polar surface area (TPSA) is 55.1 Å². The van der Waals surface area contributed by atoms with Crippen molar-refractivity contribution in [3.63, 3.8) is 0 Å². The first-order chi connectivity index (χ1) is 13.4. The molecule has 0 fully saturated rings. The largest absolute Gasteiger partial charge is 0.433 e. The molecule has 0 amide bonds. The number of Topliss-reactive ketones (excluding diaryl/α,β-unsaturated/α-hetero) is 1. The summed E-state index contributed by atoms with van der Waals surface area (Å²) in [6, 6.07) is 6.33.